The number of methoxy groups -OCH3 is 1. The lowest BCUT2D eigenvalue weighted by Gasteiger charge is -2.11. The Morgan fingerprint density at radius 2 is 1.86 bits per heavy atom. The zero-order valence-corrected chi connectivity index (χ0v) is 12.3. The predicted octanol–water partition coefficient (Wildman–Crippen LogP) is 4.22. The zero-order chi connectivity index (χ0) is 14.8. The van der Waals surface area contributed by atoms with Gasteiger partial charge in [-0.05, 0) is 12.1 Å². The van der Waals surface area contributed by atoms with Gasteiger partial charge in [-0.15, -0.1) is 0 Å². The van der Waals surface area contributed by atoms with E-state index in [1.165, 1.54) is 0 Å². The Morgan fingerprint density at radius 1 is 1.14 bits per heavy atom. The zero-order valence-electron chi connectivity index (χ0n) is 11.5. The van der Waals surface area contributed by atoms with Gasteiger partial charge in [-0.2, -0.15) is 5.26 Å². The molecule has 0 bridgehead atoms. The summed E-state index contributed by atoms with van der Waals surface area (Å²) < 4.78 is 7.32. The second-order valence-electron chi connectivity index (χ2n) is 4.69. The normalized spacial score (nSPS) is 10.5. The summed E-state index contributed by atoms with van der Waals surface area (Å²) in [6.45, 7) is 0.561. The van der Waals surface area contributed by atoms with Crippen molar-refractivity contribution < 1.29 is 4.74 Å². The minimum atomic E-state index is 0.463. The van der Waals surface area contributed by atoms with Crippen molar-refractivity contribution in [3.8, 4) is 11.8 Å². The first kappa shape index (κ1) is 13.5. The van der Waals surface area contributed by atoms with Crippen LogP contribution < -0.4 is 4.74 Å². The molecule has 0 saturated heterocycles. The highest BCUT2D eigenvalue weighted by molar-refractivity contribution is 6.32. The third kappa shape index (κ3) is 2.24. The highest BCUT2D eigenvalue weighted by Gasteiger charge is 2.16. The number of fused-ring (bicyclic) bond motifs is 1. The number of nitrogens with zero attached hydrogens (tertiary/aromatic N) is 2. The fourth-order valence-corrected chi connectivity index (χ4v) is 2.83. The molecule has 0 fully saturated rings. The smallest absolute Gasteiger partial charge is 0.128 e. The molecule has 0 aliphatic heterocycles. The lowest BCUT2D eigenvalue weighted by Crippen LogP contribution is -2.01. The first-order valence-electron chi connectivity index (χ1n) is 6.55. The van der Waals surface area contributed by atoms with Crippen LogP contribution in [0.25, 0.3) is 10.9 Å². The molecule has 3 nitrogen and oxygen atoms in total. The third-order valence-corrected chi connectivity index (χ3v) is 3.93. The van der Waals surface area contributed by atoms with E-state index in [2.05, 4.69) is 6.07 Å². The minimum absolute atomic E-state index is 0.463. The average Bonchev–Trinajstić information content (AvgIpc) is 2.80. The largest absolute Gasteiger partial charge is 0.496 e. The maximum absolute atomic E-state index is 9.32. The molecule has 0 amide bonds. The molecule has 0 atom stereocenters. The van der Waals surface area contributed by atoms with E-state index in [0.29, 0.717) is 17.3 Å². The first-order chi connectivity index (χ1) is 10.3. The van der Waals surface area contributed by atoms with E-state index < -0.39 is 0 Å². The van der Waals surface area contributed by atoms with Gasteiger partial charge in [0.1, 0.15) is 17.0 Å². The molecule has 3 rings (SSSR count). The fourth-order valence-electron chi connectivity index (χ4n) is 2.54. The summed E-state index contributed by atoms with van der Waals surface area (Å²) in [6, 6.07) is 17.7. The van der Waals surface area contributed by atoms with Gasteiger partial charge >= 0.3 is 0 Å². The van der Waals surface area contributed by atoms with Crippen LogP contribution in [0.2, 0.25) is 5.15 Å². The van der Waals surface area contributed by atoms with Gasteiger partial charge in [-0.3, -0.25) is 0 Å². The van der Waals surface area contributed by atoms with E-state index in [4.69, 9.17) is 16.3 Å². The van der Waals surface area contributed by atoms with Crippen molar-refractivity contribution in [2.45, 2.75) is 6.54 Å². The van der Waals surface area contributed by atoms with Gasteiger partial charge in [0.2, 0.25) is 0 Å². The maximum Gasteiger partial charge on any atom is 0.128 e. The van der Waals surface area contributed by atoms with Gasteiger partial charge in [0.25, 0.3) is 0 Å². The Kier molecular flexibility index (Phi) is 3.55. The van der Waals surface area contributed by atoms with Crippen molar-refractivity contribution in [1.82, 2.24) is 4.57 Å². The first-order valence-corrected chi connectivity index (χ1v) is 6.92. The molecule has 21 heavy (non-hydrogen) atoms. The second kappa shape index (κ2) is 5.51. The lowest BCUT2D eigenvalue weighted by atomic mass is 10.2. The summed E-state index contributed by atoms with van der Waals surface area (Å²) in [5.41, 5.74) is 2.49. The quantitative estimate of drug-likeness (QED) is 0.725. The van der Waals surface area contributed by atoms with Crippen LogP contribution in [0.15, 0.2) is 48.5 Å². The van der Waals surface area contributed by atoms with Crippen LogP contribution >= 0.6 is 11.6 Å². The van der Waals surface area contributed by atoms with Crippen LogP contribution in [0.4, 0.5) is 0 Å². The molecule has 104 valence electrons. The summed E-state index contributed by atoms with van der Waals surface area (Å²) in [4.78, 5) is 0. The number of hydrogen-bond acceptors (Lipinski definition) is 2. The second-order valence-corrected chi connectivity index (χ2v) is 5.05. The number of halogens is 1. The Morgan fingerprint density at radius 3 is 2.62 bits per heavy atom. The van der Waals surface area contributed by atoms with Gasteiger partial charge in [-0.25, -0.2) is 0 Å². The molecule has 0 aliphatic rings. The van der Waals surface area contributed by atoms with E-state index in [9.17, 15) is 5.26 Å². The predicted molar refractivity (Wildman–Crippen MR) is 83.8 cm³/mol. The Balaban J connectivity index is 2.18. The third-order valence-electron chi connectivity index (χ3n) is 3.54. The van der Waals surface area contributed by atoms with E-state index in [1.807, 2.05) is 53.1 Å². The molecular formula is C17H13ClN2O. The maximum atomic E-state index is 9.32. The summed E-state index contributed by atoms with van der Waals surface area (Å²) in [5, 5.41) is 10.7. The number of ether oxygens (including phenoxy) is 1. The van der Waals surface area contributed by atoms with Crippen molar-refractivity contribution in [2.24, 2.45) is 0 Å². The van der Waals surface area contributed by atoms with E-state index in [-0.39, 0.29) is 0 Å². The van der Waals surface area contributed by atoms with Gasteiger partial charge in [0.15, 0.2) is 0 Å². The van der Waals surface area contributed by atoms with Gasteiger partial charge in [0, 0.05) is 10.9 Å². The fraction of sp³-hybridized carbons (Fsp3) is 0.118. The molecule has 1 heterocycles. The molecule has 0 saturated carbocycles. The number of aromatic nitrogens is 1. The van der Waals surface area contributed by atoms with Crippen LogP contribution in [-0.2, 0) is 6.54 Å². The summed E-state index contributed by atoms with van der Waals surface area (Å²) in [7, 11) is 1.65. The Labute approximate surface area is 127 Å². The average molecular weight is 297 g/mol. The van der Waals surface area contributed by atoms with Crippen molar-refractivity contribution in [1.29, 1.82) is 5.26 Å². The Hall–Kier alpha value is -2.44. The molecule has 0 aliphatic carbocycles. The van der Waals surface area contributed by atoms with Crippen molar-refractivity contribution >= 4 is 22.5 Å². The van der Waals surface area contributed by atoms with Crippen LogP contribution in [0.1, 0.15) is 11.1 Å². The number of rotatable bonds is 3. The van der Waals surface area contributed by atoms with Gasteiger partial charge in [-0.1, -0.05) is 48.0 Å². The summed E-state index contributed by atoms with van der Waals surface area (Å²) in [6.07, 6.45) is 0. The van der Waals surface area contributed by atoms with Crippen molar-refractivity contribution in [3.05, 3.63) is 64.8 Å². The molecule has 3 aromatic rings. The van der Waals surface area contributed by atoms with Gasteiger partial charge in [0.05, 0.1) is 24.7 Å². The molecule has 0 N–H and O–H groups in total. The van der Waals surface area contributed by atoms with Gasteiger partial charge < -0.3 is 9.30 Å². The molecule has 0 unspecified atom stereocenters. The van der Waals surface area contributed by atoms with Crippen LogP contribution in [0.5, 0.6) is 5.75 Å². The standard InChI is InChI=1S/C17H13ClN2O/c1-21-16-9-5-2-6-12(16)11-20-15-8-4-3-7-13(15)14(10-19)17(20)18/h2-9H,11H2,1H3. The highest BCUT2D eigenvalue weighted by Crippen LogP contribution is 2.31. The molecular weight excluding hydrogens is 284 g/mol. The van der Waals surface area contributed by atoms with Crippen molar-refractivity contribution in [2.75, 3.05) is 7.11 Å². The highest BCUT2D eigenvalue weighted by atomic mass is 35.5. The summed E-state index contributed by atoms with van der Waals surface area (Å²) in [5.74, 6) is 0.810. The lowest BCUT2D eigenvalue weighted by molar-refractivity contribution is 0.408. The molecule has 0 spiro atoms. The van der Waals surface area contributed by atoms with Crippen LogP contribution in [0.3, 0.4) is 0 Å². The van der Waals surface area contributed by atoms with E-state index in [0.717, 1.165) is 22.2 Å². The summed E-state index contributed by atoms with van der Waals surface area (Å²) >= 11 is 6.40. The van der Waals surface area contributed by atoms with Crippen LogP contribution in [-0.4, -0.2) is 11.7 Å². The van der Waals surface area contributed by atoms with Crippen LogP contribution in [0, 0.1) is 11.3 Å². The molecule has 0 radical (unpaired) electrons. The number of hydrogen-bond donors (Lipinski definition) is 0. The molecule has 1 aromatic heterocycles. The number of nitriles is 1. The Bertz CT molecular complexity index is 846. The monoisotopic (exact) mass is 296 g/mol. The SMILES string of the molecule is COc1ccccc1Cn1c(Cl)c(C#N)c2ccccc21. The number of para-hydroxylation sites is 2. The minimum Gasteiger partial charge on any atom is -0.496 e. The number of benzene rings is 2. The van der Waals surface area contributed by atoms with E-state index in [1.54, 1.807) is 7.11 Å². The van der Waals surface area contributed by atoms with E-state index >= 15 is 0 Å². The van der Waals surface area contributed by atoms with Crippen molar-refractivity contribution in [3.63, 3.8) is 0 Å². The molecule has 4 heteroatoms. The molecule has 2 aromatic carbocycles. The topological polar surface area (TPSA) is 38.0 Å².